The molecule has 1 rings (SSSR count). The standard InChI is InChI=1S/C11H16F2N2O4S/c1-18-4-5-19-3-2-15-20(16,17)11-9(12)6-8(14)7-10(11)13/h6-7,15H,2-5,14H2,1H3. The Balaban J connectivity index is 2.66. The Hall–Kier alpha value is -1.29. The largest absolute Gasteiger partial charge is 0.399 e. The summed E-state index contributed by atoms with van der Waals surface area (Å²) in [6.45, 7) is 0.604. The van der Waals surface area contributed by atoms with E-state index in [0.29, 0.717) is 13.2 Å². The van der Waals surface area contributed by atoms with Crippen molar-refractivity contribution in [1.82, 2.24) is 4.72 Å². The molecule has 0 saturated heterocycles. The van der Waals surface area contributed by atoms with Gasteiger partial charge in [-0.25, -0.2) is 21.9 Å². The number of hydrogen-bond acceptors (Lipinski definition) is 5. The molecule has 1 aromatic carbocycles. The highest BCUT2D eigenvalue weighted by atomic mass is 32.2. The van der Waals surface area contributed by atoms with Crippen molar-refractivity contribution in [3.8, 4) is 0 Å². The van der Waals surface area contributed by atoms with Gasteiger partial charge in [0.2, 0.25) is 10.0 Å². The highest BCUT2D eigenvalue weighted by Gasteiger charge is 2.24. The zero-order valence-electron chi connectivity index (χ0n) is 10.9. The average molecular weight is 310 g/mol. The van der Waals surface area contributed by atoms with Crippen molar-refractivity contribution in [2.75, 3.05) is 39.2 Å². The summed E-state index contributed by atoms with van der Waals surface area (Å²) in [5.74, 6) is -2.48. The van der Waals surface area contributed by atoms with E-state index in [4.69, 9.17) is 15.2 Å². The summed E-state index contributed by atoms with van der Waals surface area (Å²) in [7, 11) is -2.80. The number of sulfonamides is 1. The van der Waals surface area contributed by atoms with Gasteiger partial charge in [-0.1, -0.05) is 0 Å². The topological polar surface area (TPSA) is 90.6 Å². The Labute approximate surface area is 115 Å². The smallest absolute Gasteiger partial charge is 0.246 e. The zero-order valence-corrected chi connectivity index (χ0v) is 11.7. The first kappa shape index (κ1) is 16.8. The predicted octanol–water partition coefficient (Wildman–Crippen LogP) is 0.488. The molecule has 0 unspecified atom stereocenters. The van der Waals surface area contributed by atoms with Crippen LogP contribution >= 0.6 is 0 Å². The lowest BCUT2D eigenvalue weighted by Gasteiger charge is -2.09. The Morgan fingerprint density at radius 1 is 1.20 bits per heavy atom. The molecule has 0 radical (unpaired) electrons. The number of ether oxygens (including phenoxy) is 2. The van der Waals surface area contributed by atoms with Crippen molar-refractivity contribution in [3.05, 3.63) is 23.8 Å². The molecule has 1 aromatic rings. The zero-order chi connectivity index (χ0) is 15.2. The molecule has 0 aliphatic carbocycles. The number of nitrogens with one attached hydrogen (secondary N) is 1. The maximum atomic E-state index is 13.5. The van der Waals surface area contributed by atoms with Crippen LogP contribution in [0.1, 0.15) is 0 Å². The van der Waals surface area contributed by atoms with Gasteiger partial charge in [0.25, 0.3) is 0 Å². The minimum atomic E-state index is -4.30. The third-order valence-electron chi connectivity index (χ3n) is 2.26. The van der Waals surface area contributed by atoms with Crippen molar-refractivity contribution < 1.29 is 26.7 Å². The van der Waals surface area contributed by atoms with Gasteiger partial charge >= 0.3 is 0 Å². The minimum absolute atomic E-state index is 0.0563. The fourth-order valence-electron chi connectivity index (χ4n) is 1.40. The first-order chi connectivity index (χ1) is 9.38. The summed E-state index contributed by atoms with van der Waals surface area (Å²) in [5, 5.41) is 0. The molecule has 0 aliphatic heterocycles. The normalized spacial score (nSPS) is 11.8. The molecule has 20 heavy (non-hydrogen) atoms. The number of nitrogen functional groups attached to an aromatic ring is 1. The number of hydrogen-bond donors (Lipinski definition) is 2. The fourth-order valence-corrected chi connectivity index (χ4v) is 2.53. The van der Waals surface area contributed by atoms with Crippen molar-refractivity contribution in [2.24, 2.45) is 0 Å². The van der Waals surface area contributed by atoms with Crippen molar-refractivity contribution >= 4 is 15.7 Å². The van der Waals surface area contributed by atoms with Crippen LogP contribution in [-0.2, 0) is 19.5 Å². The van der Waals surface area contributed by atoms with Crippen LogP contribution in [-0.4, -0.2) is 41.9 Å². The first-order valence-corrected chi connectivity index (χ1v) is 7.17. The highest BCUT2D eigenvalue weighted by Crippen LogP contribution is 2.21. The van der Waals surface area contributed by atoms with Crippen LogP contribution in [0.4, 0.5) is 14.5 Å². The van der Waals surface area contributed by atoms with E-state index in [-0.39, 0.29) is 18.8 Å². The molecule has 0 saturated carbocycles. The molecule has 114 valence electrons. The van der Waals surface area contributed by atoms with E-state index < -0.39 is 26.6 Å². The van der Waals surface area contributed by atoms with Gasteiger partial charge in [0, 0.05) is 19.3 Å². The van der Waals surface area contributed by atoms with Crippen LogP contribution in [0.5, 0.6) is 0 Å². The minimum Gasteiger partial charge on any atom is -0.399 e. The molecule has 6 nitrogen and oxygen atoms in total. The van der Waals surface area contributed by atoms with Crippen molar-refractivity contribution in [1.29, 1.82) is 0 Å². The number of methoxy groups -OCH3 is 1. The van der Waals surface area contributed by atoms with Gasteiger partial charge in [0.1, 0.15) is 11.6 Å². The lowest BCUT2D eigenvalue weighted by atomic mass is 10.3. The van der Waals surface area contributed by atoms with E-state index in [0.717, 1.165) is 12.1 Å². The predicted molar refractivity (Wildman–Crippen MR) is 68.7 cm³/mol. The summed E-state index contributed by atoms with van der Waals surface area (Å²) >= 11 is 0. The van der Waals surface area contributed by atoms with E-state index in [1.165, 1.54) is 7.11 Å². The average Bonchev–Trinajstić information content (AvgIpc) is 2.31. The quantitative estimate of drug-likeness (QED) is 0.538. The van der Waals surface area contributed by atoms with E-state index >= 15 is 0 Å². The second kappa shape index (κ2) is 7.48. The second-order valence-corrected chi connectivity index (χ2v) is 5.52. The molecule has 0 amide bonds. The van der Waals surface area contributed by atoms with Gasteiger partial charge in [-0.2, -0.15) is 0 Å². The number of halogens is 2. The third-order valence-corrected chi connectivity index (χ3v) is 3.77. The van der Waals surface area contributed by atoms with Crippen LogP contribution in [0.3, 0.4) is 0 Å². The molecule has 0 spiro atoms. The van der Waals surface area contributed by atoms with E-state index in [9.17, 15) is 17.2 Å². The number of nitrogens with two attached hydrogens (primary N) is 1. The van der Waals surface area contributed by atoms with Gasteiger partial charge in [0.05, 0.1) is 19.8 Å². The number of benzene rings is 1. The summed E-state index contributed by atoms with van der Waals surface area (Å²) < 4.78 is 62.3. The monoisotopic (exact) mass is 310 g/mol. The van der Waals surface area contributed by atoms with E-state index in [1.54, 1.807) is 0 Å². The van der Waals surface area contributed by atoms with E-state index in [2.05, 4.69) is 0 Å². The van der Waals surface area contributed by atoms with Crippen molar-refractivity contribution in [2.45, 2.75) is 4.90 Å². The molecule has 0 aromatic heterocycles. The van der Waals surface area contributed by atoms with Gasteiger partial charge in [0.15, 0.2) is 4.90 Å². The third kappa shape index (κ3) is 4.67. The maximum absolute atomic E-state index is 13.5. The summed E-state index contributed by atoms with van der Waals surface area (Å²) in [5.41, 5.74) is 5.02. The molecule has 9 heteroatoms. The maximum Gasteiger partial charge on any atom is 0.246 e. The summed E-state index contributed by atoms with van der Waals surface area (Å²) in [6.07, 6.45) is 0. The van der Waals surface area contributed by atoms with Crippen LogP contribution in [0, 0.1) is 11.6 Å². The van der Waals surface area contributed by atoms with Crippen LogP contribution in [0.15, 0.2) is 17.0 Å². The van der Waals surface area contributed by atoms with Crippen LogP contribution in [0.25, 0.3) is 0 Å². The molecule has 0 atom stereocenters. The first-order valence-electron chi connectivity index (χ1n) is 5.69. The second-order valence-electron chi connectivity index (χ2n) is 3.82. The van der Waals surface area contributed by atoms with Crippen molar-refractivity contribution in [3.63, 3.8) is 0 Å². The summed E-state index contributed by atoms with van der Waals surface area (Å²) in [4.78, 5) is -1.05. The number of anilines is 1. The molecule has 0 heterocycles. The highest BCUT2D eigenvalue weighted by molar-refractivity contribution is 7.89. The molecule has 0 bridgehead atoms. The Kier molecular flexibility index (Phi) is 6.27. The molecule has 0 fully saturated rings. The van der Waals surface area contributed by atoms with E-state index in [1.807, 2.05) is 4.72 Å². The fraction of sp³-hybridized carbons (Fsp3) is 0.455. The van der Waals surface area contributed by atoms with Crippen LogP contribution < -0.4 is 10.5 Å². The van der Waals surface area contributed by atoms with Gasteiger partial charge in [-0.15, -0.1) is 0 Å². The lowest BCUT2D eigenvalue weighted by molar-refractivity contribution is 0.0736. The van der Waals surface area contributed by atoms with Gasteiger partial charge < -0.3 is 15.2 Å². The SMILES string of the molecule is COCCOCCNS(=O)(=O)c1c(F)cc(N)cc1F. The number of rotatable bonds is 8. The molecular formula is C11H16F2N2O4S. The molecular weight excluding hydrogens is 294 g/mol. The summed E-state index contributed by atoms with van der Waals surface area (Å²) in [6, 6.07) is 1.49. The Morgan fingerprint density at radius 2 is 1.80 bits per heavy atom. The Bertz CT molecular complexity index is 528. The van der Waals surface area contributed by atoms with Gasteiger partial charge in [-0.05, 0) is 12.1 Å². The molecule has 0 aliphatic rings. The lowest BCUT2D eigenvalue weighted by Crippen LogP contribution is -2.29. The van der Waals surface area contributed by atoms with Gasteiger partial charge in [-0.3, -0.25) is 0 Å². The Morgan fingerprint density at radius 3 is 2.35 bits per heavy atom. The van der Waals surface area contributed by atoms with Crippen LogP contribution in [0.2, 0.25) is 0 Å². The molecule has 3 N–H and O–H groups in total.